The van der Waals surface area contributed by atoms with Crippen LogP contribution in [-0.4, -0.2) is 45.2 Å². The van der Waals surface area contributed by atoms with Crippen molar-refractivity contribution < 1.29 is 19.1 Å². The third kappa shape index (κ3) is 3.28. The number of ether oxygens (including phenoxy) is 1. The zero-order chi connectivity index (χ0) is 18.8. The lowest BCUT2D eigenvalue weighted by molar-refractivity contribution is -0.143. The molecule has 26 heavy (non-hydrogen) atoms. The van der Waals surface area contributed by atoms with E-state index in [0.29, 0.717) is 0 Å². The summed E-state index contributed by atoms with van der Waals surface area (Å²) in [4.78, 5) is 41.3. The fourth-order valence-corrected chi connectivity index (χ4v) is 3.57. The molecule has 2 aromatic rings. The molecule has 0 saturated carbocycles. The highest BCUT2D eigenvalue weighted by Gasteiger charge is 2.36. The van der Waals surface area contributed by atoms with Gasteiger partial charge in [0.1, 0.15) is 12.4 Å². The number of rotatable bonds is 4. The minimum Gasteiger partial charge on any atom is -0.468 e. The highest BCUT2D eigenvalue weighted by atomic mass is 32.2. The molecular formula is C18H17N3O4S. The molecule has 2 amide bonds. The molecule has 1 aliphatic rings. The molecular weight excluding hydrogens is 354 g/mol. The fourth-order valence-electron chi connectivity index (χ4n) is 2.74. The summed E-state index contributed by atoms with van der Waals surface area (Å²) in [5.41, 5.74) is 2.68. The molecule has 0 bridgehead atoms. The first-order valence-corrected chi connectivity index (χ1v) is 8.66. The van der Waals surface area contributed by atoms with Gasteiger partial charge in [-0.3, -0.25) is 19.3 Å². The van der Waals surface area contributed by atoms with Gasteiger partial charge in [-0.25, -0.2) is 4.98 Å². The minimum atomic E-state index is -0.637. The number of amides is 2. The van der Waals surface area contributed by atoms with Gasteiger partial charge < -0.3 is 9.30 Å². The van der Waals surface area contributed by atoms with Crippen LogP contribution in [0.25, 0.3) is 11.9 Å². The quantitative estimate of drug-likeness (QED) is 0.607. The molecule has 0 atom stereocenters. The Morgan fingerprint density at radius 1 is 1.31 bits per heavy atom. The molecule has 3 rings (SSSR count). The second-order valence-corrected chi connectivity index (χ2v) is 6.69. The predicted molar refractivity (Wildman–Crippen MR) is 97.7 cm³/mol. The molecule has 0 N–H and O–H groups in total. The van der Waals surface area contributed by atoms with Crippen molar-refractivity contribution in [3.63, 3.8) is 0 Å². The van der Waals surface area contributed by atoms with Gasteiger partial charge in [-0.05, 0) is 55.4 Å². The number of hydrogen-bond acceptors (Lipinski definition) is 6. The van der Waals surface area contributed by atoms with Gasteiger partial charge in [-0.1, -0.05) is 6.07 Å². The third-order valence-electron chi connectivity index (χ3n) is 4.02. The number of imide groups is 1. The number of hydrogen-bond donors (Lipinski definition) is 0. The van der Waals surface area contributed by atoms with E-state index in [-0.39, 0.29) is 11.4 Å². The van der Waals surface area contributed by atoms with Gasteiger partial charge in [0.15, 0.2) is 0 Å². The number of pyridine rings is 1. The summed E-state index contributed by atoms with van der Waals surface area (Å²) in [5, 5.41) is -0.481. The Hall–Kier alpha value is -2.87. The molecule has 0 unspecified atom stereocenters. The van der Waals surface area contributed by atoms with Gasteiger partial charge in [0.25, 0.3) is 11.1 Å². The zero-order valence-electron chi connectivity index (χ0n) is 14.6. The van der Waals surface area contributed by atoms with Gasteiger partial charge in [-0.15, -0.1) is 0 Å². The smallest absolute Gasteiger partial charge is 0.325 e. The molecule has 0 aliphatic carbocycles. The number of carbonyl (C=O) groups excluding carboxylic acids is 3. The summed E-state index contributed by atoms with van der Waals surface area (Å²) in [5.74, 6) is -0.351. The van der Waals surface area contributed by atoms with E-state index < -0.39 is 17.1 Å². The van der Waals surface area contributed by atoms with E-state index in [4.69, 9.17) is 0 Å². The maximum absolute atomic E-state index is 12.4. The molecule has 0 radical (unpaired) electrons. The topological polar surface area (TPSA) is 81.5 Å². The Balaban J connectivity index is 1.93. The Kier molecular flexibility index (Phi) is 4.94. The summed E-state index contributed by atoms with van der Waals surface area (Å²) in [7, 11) is 1.21. The molecule has 1 fully saturated rings. The molecule has 134 valence electrons. The highest BCUT2D eigenvalue weighted by Crippen LogP contribution is 2.33. The minimum absolute atomic E-state index is 0.278. The highest BCUT2D eigenvalue weighted by molar-refractivity contribution is 8.18. The van der Waals surface area contributed by atoms with Crippen LogP contribution in [0.3, 0.4) is 0 Å². The molecule has 8 heteroatoms. The number of methoxy groups -OCH3 is 1. The van der Waals surface area contributed by atoms with Crippen molar-refractivity contribution in [1.29, 1.82) is 0 Å². The number of thioether (sulfide) groups is 1. The van der Waals surface area contributed by atoms with Crippen LogP contribution in [0, 0.1) is 13.8 Å². The van der Waals surface area contributed by atoms with Crippen LogP contribution in [0.5, 0.6) is 0 Å². The van der Waals surface area contributed by atoms with Crippen LogP contribution < -0.4 is 0 Å². The Morgan fingerprint density at radius 2 is 2.08 bits per heavy atom. The summed E-state index contributed by atoms with van der Waals surface area (Å²) < 4.78 is 6.50. The summed E-state index contributed by atoms with van der Waals surface area (Å²) in [6.45, 7) is 3.49. The first-order chi connectivity index (χ1) is 12.4. The fraction of sp³-hybridized carbons (Fsp3) is 0.222. The van der Waals surface area contributed by atoms with E-state index in [1.54, 1.807) is 12.3 Å². The molecule has 1 aliphatic heterocycles. The largest absolute Gasteiger partial charge is 0.468 e. The van der Waals surface area contributed by atoms with Crippen LogP contribution in [0.1, 0.15) is 17.0 Å². The molecule has 1 saturated heterocycles. The van der Waals surface area contributed by atoms with Crippen LogP contribution in [0.15, 0.2) is 35.4 Å². The Morgan fingerprint density at radius 3 is 2.73 bits per heavy atom. The monoisotopic (exact) mass is 371 g/mol. The summed E-state index contributed by atoms with van der Waals surface area (Å²) >= 11 is 0.815. The van der Waals surface area contributed by atoms with Crippen molar-refractivity contribution >= 4 is 35.0 Å². The number of aryl methyl sites for hydroxylation is 1. The number of nitrogens with zero attached hydrogens (tertiary/aromatic N) is 3. The van der Waals surface area contributed by atoms with Gasteiger partial charge >= 0.3 is 5.97 Å². The average Bonchev–Trinajstić information content (AvgIpc) is 3.05. The Bertz CT molecular complexity index is 918. The van der Waals surface area contributed by atoms with Crippen LogP contribution in [0.2, 0.25) is 0 Å². The van der Waals surface area contributed by atoms with Gasteiger partial charge in [0, 0.05) is 17.6 Å². The second-order valence-electron chi connectivity index (χ2n) is 5.69. The van der Waals surface area contributed by atoms with Crippen molar-refractivity contribution in [2.75, 3.05) is 13.7 Å². The number of aromatic nitrogens is 2. The molecule has 0 aromatic carbocycles. The standard InChI is InChI=1S/C18H17N3O4S/c1-11-8-13(12(2)21(11)15-6-4-5-7-19-15)9-14-17(23)20(18(24)26-14)10-16(22)25-3/h4-9H,10H2,1-3H3/b14-9+. The van der Waals surface area contributed by atoms with Gasteiger partial charge in [-0.2, -0.15) is 0 Å². The van der Waals surface area contributed by atoms with Crippen molar-refractivity contribution in [1.82, 2.24) is 14.5 Å². The van der Waals surface area contributed by atoms with E-state index in [0.717, 1.165) is 39.4 Å². The average molecular weight is 371 g/mol. The normalized spacial score (nSPS) is 15.8. The van der Waals surface area contributed by atoms with Gasteiger partial charge in [0.05, 0.1) is 12.0 Å². The van der Waals surface area contributed by atoms with E-state index in [2.05, 4.69) is 9.72 Å². The van der Waals surface area contributed by atoms with Gasteiger partial charge in [0.2, 0.25) is 0 Å². The van der Waals surface area contributed by atoms with Crippen LogP contribution in [-0.2, 0) is 14.3 Å². The van der Waals surface area contributed by atoms with E-state index in [1.165, 1.54) is 7.11 Å². The summed E-state index contributed by atoms with van der Waals surface area (Å²) in [6.07, 6.45) is 3.38. The molecule has 0 spiro atoms. The maximum Gasteiger partial charge on any atom is 0.325 e. The van der Waals surface area contributed by atoms with E-state index in [9.17, 15) is 14.4 Å². The number of carbonyl (C=O) groups is 3. The molecule has 7 nitrogen and oxygen atoms in total. The first-order valence-electron chi connectivity index (χ1n) is 7.85. The zero-order valence-corrected chi connectivity index (χ0v) is 15.4. The van der Waals surface area contributed by atoms with Crippen molar-refractivity contribution in [2.45, 2.75) is 13.8 Å². The van der Waals surface area contributed by atoms with Crippen molar-refractivity contribution in [3.8, 4) is 5.82 Å². The first kappa shape index (κ1) is 17.9. The lowest BCUT2D eigenvalue weighted by Gasteiger charge is -2.09. The lowest BCUT2D eigenvalue weighted by Crippen LogP contribution is -2.34. The van der Waals surface area contributed by atoms with E-state index >= 15 is 0 Å². The lowest BCUT2D eigenvalue weighted by atomic mass is 10.2. The maximum atomic E-state index is 12.4. The predicted octanol–water partition coefficient (Wildman–Crippen LogP) is 2.70. The van der Waals surface area contributed by atoms with Crippen molar-refractivity contribution in [2.24, 2.45) is 0 Å². The third-order valence-corrected chi connectivity index (χ3v) is 4.93. The number of esters is 1. The van der Waals surface area contributed by atoms with Crippen molar-refractivity contribution in [3.05, 3.63) is 52.3 Å². The van der Waals surface area contributed by atoms with Crippen LogP contribution >= 0.6 is 11.8 Å². The SMILES string of the molecule is COC(=O)CN1C(=O)S/C(=C/c2cc(C)n(-c3ccccn3)c2C)C1=O. The second kappa shape index (κ2) is 7.17. The molecule has 2 aromatic heterocycles. The van der Waals surface area contributed by atoms with E-state index in [1.807, 2.05) is 42.7 Å². The summed E-state index contributed by atoms with van der Waals surface area (Å²) in [6, 6.07) is 7.57. The molecule has 3 heterocycles. The van der Waals surface area contributed by atoms with Crippen LogP contribution in [0.4, 0.5) is 4.79 Å². The Labute approximate surface area is 154 Å².